The highest BCUT2D eigenvalue weighted by Crippen LogP contribution is 2.29. The fraction of sp³-hybridized carbons (Fsp3) is 0.250. The molecule has 0 saturated carbocycles. The van der Waals surface area contributed by atoms with E-state index < -0.39 is 0 Å². The van der Waals surface area contributed by atoms with Crippen molar-refractivity contribution >= 4 is 11.4 Å². The summed E-state index contributed by atoms with van der Waals surface area (Å²) < 4.78 is 5.42. The van der Waals surface area contributed by atoms with Crippen LogP contribution in [0, 0.1) is 6.92 Å². The van der Waals surface area contributed by atoms with Crippen LogP contribution in [0.25, 0.3) is 0 Å². The lowest BCUT2D eigenvalue weighted by molar-refractivity contribution is 0.414. The van der Waals surface area contributed by atoms with Crippen molar-refractivity contribution in [1.29, 1.82) is 0 Å². The molecule has 3 nitrogen and oxygen atoms in total. The van der Waals surface area contributed by atoms with Crippen LogP contribution in [0.1, 0.15) is 11.1 Å². The number of rotatable bonds is 4. The second-order valence-corrected chi connectivity index (χ2v) is 4.78. The topological polar surface area (TPSA) is 38.5 Å². The van der Waals surface area contributed by atoms with E-state index in [2.05, 4.69) is 37.1 Å². The summed E-state index contributed by atoms with van der Waals surface area (Å²) in [5, 5.41) is 0. The molecular weight excluding hydrogens is 236 g/mol. The van der Waals surface area contributed by atoms with E-state index in [-0.39, 0.29) is 0 Å². The molecule has 2 aromatic carbocycles. The molecule has 0 unspecified atom stereocenters. The van der Waals surface area contributed by atoms with Gasteiger partial charge in [0.1, 0.15) is 5.75 Å². The van der Waals surface area contributed by atoms with E-state index in [0.717, 1.165) is 23.7 Å². The quantitative estimate of drug-likeness (QED) is 0.854. The number of nitrogens with two attached hydrogens (primary N) is 1. The van der Waals surface area contributed by atoms with Gasteiger partial charge in [-0.05, 0) is 42.3 Å². The Hall–Kier alpha value is -2.16. The number of nitrogens with zero attached hydrogens (tertiary/aromatic N) is 1. The van der Waals surface area contributed by atoms with E-state index in [1.165, 1.54) is 11.1 Å². The van der Waals surface area contributed by atoms with Crippen molar-refractivity contribution in [3.8, 4) is 5.75 Å². The monoisotopic (exact) mass is 256 g/mol. The lowest BCUT2D eigenvalue weighted by atomic mass is 10.1. The minimum absolute atomic E-state index is 0.794. The van der Waals surface area contributed by atoms with Gasteiger partial charge in [0, 0.05) is 19.3 Å². The van der Waals surface area contributed by atoms with Gasteiger partial charge in [0.05, 0.1) is 12.8 Å². The average molecular weight is 256 g/mol. The van der Waals surface area contributed by atoms with E-state index in [9.17, 15) is 0 Å². The summed E-state index contributed by atoms with van der Waals surface area (Å²) in [5.74, 6) is 0.886. The predicted octanol–water partition coefficient (Wildman–Crippen LogP) is 3.22. The van der Waals surface area contributed by atoms with Crippen LogP contribution < -0.4 is 15.4 Å². The number of benzene rings is 2. The van der Waals surface area contributed by atoms with Crippen LogP contribution in [0.2, 0.25) is 0 Å². The van der Waals surface area contributed by atoms with Gasteiger partial charge in [0.2, 0.25) is 0 Å². The second-order valence-electron chi connectivity index (χ2n) is 4.78. The second kappa shape index (κ2) is 5.65. The lowest BCUT2D eigenvalue weighted by Gasteiger charge is -2.22. The van der Waals surface area contributed by atoms with Crippen molar-refractivity contribution in [3.05, 3.63) is 53.6 Å². The fourth-order valence-electron chi connectivity index (χ4n) is 2.15. The molecule has 0 aromatic heterocycles. The molecule has 0 aliphatic rings. The molecule has 0 amide bonds. The third-order valence-electron chi connectivity index (χ3n) is 3.12. The molecule has 2 N–H and O–H groups in total. The smallest absolute Gasteiger partial charge is 0.142 e. The number of hydrogen-bond acceptors (Lipinski definition) is 3. The Morgan fingerprint density at radius 2 is 1.95 bits per heavy atom. The molecule has 19 heavy (non-hydrogen) atoms. The van der Waals surface area contributed by atoms with Crippen molar-refractivity contribution in [2.45, 2.75) is 13.5 Å². The van der Waals surface area contributed by atoms with E-state index in [1.54, 1.807) is 7.11 Å². The Labute approximate surface area is 114 Å². The molecule has 0 fully saturated rings. The van der Waals surface area contributed by atoms with Crippen molar-refractivity contribution in [3.63, 3.8) is 0 Å². The summed E-state index contributed by atoms with van der Waals surface area (Å²) >= 11 is 0. The minimum atomic E-state index is 0.794. The van der Waals surface area contributed by atoms with Crippen molar-refractivity contribution < 1.29 is 4.74 Å². The largest absolute Gasteiger partial charge is 0.495 e. The molecule has 0 spiro atoms. The number of nitrogen functional groups attached to an aromatic ring is 1. The summed E-state index contributed by atoms with van der Waals surface area (Å²) in [7, 11) is 3.75. The van der Waals surface area contributed by atoms with E-state index >= 15 is 0 Å². The molecule has 100 valence electrons. The number of anilines is 2. The molecular formula is C16H20N2O. The van der Waals surface area contributed by atoms with Gasteiger partial charge in [-0.15, -0.1) is 0 Å². The van der Waals surface area contributed by atoms with Gasteiger partial charge in [-0.25, -0.2) is 0 Å². The molecule has 3 heteroatoms. The fourth-order valence-corrected chi connectivity index (χ4v) is 2.15. The summed E-state index contributed by atoms with van der Waals surface area (Å²) in [4.78, 5) is 2.17. The first-order valence-corrected chi connectivity index (χ1v) is 6.30. The van der Waals surface area contributed by atoms with Gasteiger partial charge in [-0.3, -0.25) is 0 Å². The number of hydrogen-bond donors (Lipinski definition) is 1. The summed E-state index contributed by atoms with van der Waals surface area (Å²) in [6, 6.07) is 14.1. The Bertz CT molecular complexity index is 566. The van der Waals surface area contributed by atoms with Crippen LogP contribution in [-0.2, 0) is 6.54 Å². The Morgan fingerprint density at radius 3 is 2.63 bits per heavy atom. The first kappa shape index (κ1) is 13.3. The predicted molar refractivity (Wildman–Crippen MR) is 80.7 cm³/mol. The van der Waals surface area contributed by atoms with Crippen molar-refractivity contribution in [2.24, 2.45) is 0 Å². The van der Waals surface area contributed by atoms with E-state index in [4.69, 9.17) is 10.5 Å². The standard InChI is InChI=1S/C16H20N2O/c1-12-7-8-16(19-3)15(9-12)18(2)11-13-5-4-6-14(17)10-13/h4-10H,11,17H2,1-3H3. The molecule has 0 bridgehead atoms. The lowest BCUT2D eigenvalue weighted by Crippen LogP contribution is -2.17. The van der Waals surface area contributed by atoms with Crippen molar-refractivity contribution in [2.75, 3.05) is 24.8 Å². The van der Waals surface area contributed by atoms with Crippen LogP contribution >= 0.6 is 0 Å². The molecule has 2 rings (SSSR count). The highest BCUT2D eigenvalue weighted by molar-refractivity contribution is 5.60. The van der Waals surface area contributed by atoms with E-state index in [0.29, 0.717) is 0 Å². The maximum absolute atomic E-state index is 5.81. The number of aryl methyl sites for hydroxylation is 1. The van der Waals surface area contributed by atoms with Gasteiger partial charge in [0.15, 0.2) is 0 Å². The van der Waals surface area contributed by atoms with Gasteiger partial charge in [-0.2, -0.15) is 0 Å². The summed E-state index contributed by atoms with van der Waals surface area (Å²) in [5.41, 5.74) is 10.1. The SMILES string of the molecule is COc1ccc(C)cc1N(C)Cc1cccc(N)c1. The maximum Gasteiger partial charge on any atom is 0.142 e. The number of methoxy groups -OCH3 is 1. The van der Waals surface area contributed by atoms with Gasteiger partial charge in [-0.1, -0.05) is 18.2 Å². The zero-order valence-corrected chi connectivity index (χ0v) is 11.7. The molecule has 0 aliphatic carbocycles. The third kappa shape index (κ3) is 3.19. The first-order valence-electron chi connectivity index (χ1n) is 6.30. The van der Waals surface area contributed by atoms with Gasteiger partial charge in [0.25, 0.3) is 0 Å². The zero-order chi connectivity index (χ0) is 13.8. The summed E-state index contributed by atoms with van der Waals surface area (Å²) in [6.07, 6.45) is 0. The van der Waals surface area contributed by atoms with Gasteiger partial charge < -0.3 is 15.4 Å². The minimum Gasteiger partial charge on any atom is -0.495 e. The highest BCUT2D eigenvalue weighted by atomic mass is 16.5. The Balaban J connectivity index is 2.24. The van der Waals surface area contributed by atoms with Crippen molar-refractivity contribution in [1.82, 2.24) is 0 Å². The molecule has 0 radical (unpaired) electrons. The average Bonchev–Trinajstić information content (AvgIpc) is 2.38. The molecule has 0 aliphatic heterocycles. The first-order chi connectivity index (χ1) is 9.10. The van der Waals surface area contributed by atoms with Crippen LogP contribution in [0.5, 0.6) is 5.75 Å². The molecule has 0 saturated heterocycles. The highest BCUT2D eigenvalue weighted by Gasteiger charge is 2.09. The normalized spacial score (nSPS) is 10.3. The van der Waals surface area contributed by atoms with Crippen LogP contribution in [0.3, 0.4) is 0 Å². The molecule has 0 heterocycles. The van der Waals surface area contributed by atoms with E-state index in [1.807, 2.05) is 24.3 Å². The number of ether oxygens (including phenoxy) is 1. The Kier molecular flexibility index (Phi) is 3.95. The summed E-state index contributed by atoms with van der Waals surface area (Å²) in [6.45, 7) is 2.88. The Morgan fingerprint density at radius 1 is 1.16 bits per heavy atom. The van der Waals surface area contributed by atoms with Crippen LogP contribution in [0.4, 0.5) is 11.4 Å². The van der Waals surface area contributed by atoms with Gasteiger partial charge >= 0.3 is 0 Å². The van der Waals surface area contributed by atoms with Crippen LogP contribution in [-0.4, -0.2) is 14.2 Å². The maximum atomic E-state index is 5.81. The zero-order valence-electron chi connectivity index (χ0n) is 11.7. The molecule has 0 atom stereocenters. The molecule has 2 aromatic rings. The van der Waals surface area contributed by atoms with Crippen LogP contribution in [0.15, 0.2) is 42.5 Å². The third-order valence-corrected chi connectivity index (χ3v) is 3.12.